The third-order valence-electron chi connectivity index (χ3n) is 3.26. The van der Waals surface area contributed by atoms with Crippen LogP contribution in [-0.2, 0) is 35.0 Å². The molecule has 0 rings (SSSR count). The Bertz CT molecular complexity index is 547. The van der Waals surface area contributed by atoms with Crippen LogP contribution in [-0.4, -0.2) is 112 Å². The van der Waals surface area contributed by atoms with E-state index in [-0.39, 0.29) is 55.0 Å². The lowest BCUT2D eigenvalue weighted by atomic mass is 10.5. The van der Waals surface area contributed by atoms with Crippen LogP contribution in [0.5, 0.6) is 0 Å². The lowest BCUT2D eigenvalue weighted by molar-refractivity contribution is -0.141. The molecule has 0 heterocycles. The number of thioether (sulfide) groups is 7. The van der Waals surface area contributed by atoms with Crippen molar-refractivity contribution in [2.45, 2.75) is 12.8 Å². The molecule has 0 aliphatic heterocycles. The first-order valence-electron chi connectivity index (χ1n) is 10.5. The fourth-order valence-corrected chi connectivity index (χ4v) is 10.9. The smallest absolute Gasteiger partial charge is 0.315 e. The topological polar surface area (TPSA) is 133 Å². The molecule has 206 valence electrons. The summed E-state index contributed by atoms with van der Waals surface area (Å²) in [6.45, 7) is 0.499. The van der Waals surface area contributed by atoms with Crippen molar-refractivity contribution in [1.82, 2.24) is 0 Å². The second kappa shape index (κ2) is 28.3. The molecule has 0 aromatic carbocycles. The average Bonchev–Trinajstić information content (AvgIpc) is 2.83. The van der Waals surface area contributed by atoms with Crippen molar-refractivity contribution < 1.29 is 38.6 Å². The largest absolute Gasteiger partial charge is 0.616 e. The van der Waals surface area contributed by atoms with Gasteiger partial charge in [-0.15, -0.1) is 58.8 Å². The van der Waals surface area contributed by atoms with Crippen LogP contribution >= 0.6 is 82.3 Å². The van der Waals surface area contributed by atoms with E-state index in [1.165, 1.54) is 47.0 Å². The van der Waals surface area contributed by atoms with E-state index in [1.807, 2.05) is 0 Å². The summed E-state index contributed by atoms with van der Waals surface area (Å²) in [6.07, 6.45) is 0.902. The van der Waals surface area contributed by atoms with Gasteiger partial charge >= 0.3 is 11.9 Å². The normalized spacial score (nSPS) is 11.9. The molecule has 1 atom stereocenters. The summed E-state index contributed by atoms with van der Waals surface area (Å²) in [5.74, 6) is 1.75. The van der Waals surface area contributed by atoms with Crippen LogP contribution in [0.2, 0.25) is 0 Å². The zero-order valence-corrected chi connectivity index (χ0v) is 26.0. The summed E-state index contributed by atoms with van der Waals surface area (Å²) in [4.78, 5) is 34.6. The molecule has 0 aromatic rings. The molecule has 0 aliphatic carbocycles. The number of carbonyl (C=O) groups is 3. The molecule has 0 fully saturated rings. The number of aliphatic hydroxyl groups is 2. The molecule has 0 bridgehead atoms. The lowest BCUT2D eigenvalue weighted by Gasteiger charge is -2.10. The van der Waals surface area contributed by atoms with Crippen LogP contribution in [0.15, 0.2) is 0 Å². The molecule has 0 spiro atoms. The van der Waals surface area contributed by atoms with Gasteiger partial charge in [-0.2, -0.15) is 0 Å². The monoisotopic (exact) mass is 646 g/mol. The quantitative estimate of drug-likeness (QED) is 0.0651. The van der Waals surface area contributed by atoms with E-state index >= 15 is 0 Å². The van der Waals surface area contributed by atoms with Gasteiger partial charge < -0.3 is 24.2 Å². The molecule has 0 saturated heterocycles. The fraction of sp³-hybridized carbons (Fsp3) is 0.842. The zero-order chi connectivity index (χ0) is 26.0. The number of rotatable bonds is 25. The van der Waals surface area contributed by atoms with Gasteiger partial charge in [-0.05, 0) is 11.2 Å². The molecule has 0 aliphatic rings. The lowest BCUT2D eigenvalue weighted by Crippen LogP contribution is -2.11. The standard InChI is InChI=1S/C19H34O8S8/c20-3-1-5-26-17(22)9-29-12-28-7-8-35(25)16-33-14-32-15-34-19(24)11-31-13-30-10-18(23)27-6-2-4-21/h20-21H,1-16H2. The van der Waals surface area contributed by atoms with Crippen LogP contribution in [0.4, 0.5) is 0 Å². The molecule has 35 heavy (non-hydrogen) atoms. The summed E-state index contributed by atoms with van der Waals surface area (Å²) in [5.41, 5.74) is 0. The molecule has 0 aromatic heterocycles. The predicted octanol–water partition coefficient (Wildman–Crippen LogP) is 3.03. The summed E-state index contributed by atoms with van der Waals surface area (Å²) in [7, 11) is 0. The number of ether oxygens (including phenoxy) is 2. The Hall–Kier alpha value is 1.29. The van der Waals surface area contributed by atoms with E-state index < -0.39 is 11.2 Å². The van der Waals surface area contributed by atoms with Crippen molar-refractivity contribution in [1.29, 1.82) is 0 Å². The minimum atomic E-state index is -0.886. The Labute approximate surface area is 241 Å². The molecular weight excluding hydrogens is 613 g/mol. The maximum absolute atomic E-state index is 12.0. The highest BCUT2D eigenvalue weighted by molar-refractivity contribution is 8.29. The third kappa shape index (κ3) is 28.1. The molecule has 0 saturated carbocycles. The Kier molecular flexibility index (Phi) is 29.3. The molecule has 0 amide bonds. The highest BCUT2D eigenvalue weighted by atomic mass is 32.3. The number of esters is 2. The molecule has 2 N–H and O–H groups in total. The van der Waals surface area contributed by atoms with Gasteiger partial charge in [0.05, 0.1) is 30.5 Å². The zero-order valence-electron chi connectivity index (χ0n) is 19.4. The fourth-order valence-electron chi connectivity index (χ4n) is 1.72. The first-order chi connectivity index (χ1) is 17.0. The Morgan fingerprint density at radius 2 is 1.26 bits per heavy atom. The Morgan fingerprint density at radius 1 is 0.714 bits per heavy atom. The van der Waals surface area contributed by atoms with Crippen molar-refractivity contribution in [3.63, 3.8) is 0 Å². The SMILES string of the molecule is O=C(CSCSCC[S+]([O-])CSCSCSC(=O)CSCSCC(=O)OCCCO)OCCCO. The summed E-state index contributed by atoms with van der Waals surface area (Å²) < 4.78 is 21.9. The van der Waals surface area contributed by atoms with Crippen LogP contribution in [0.25, 0.3) is 0 Å². The number of carbonyl (C=O) groups excluding carboxylic acids is 3. The van der Waals surface area contributed by atoms with Crippen molar-refractivity contribution in [2.24, 2.45) is 0 Å². The second-order valence-corrected chi connectivity index (χ2v) is 16.7. The van der Waals surface area contributed by atoms with Crippen LogP contribution in [0.1, 0.15) is 12.8 Å². The van der Waals surface area contributed by atoms with E-state index in [0.29, 0.717) is 39.6 Å². The van der Waals surface area contributed by atoms with Gasteiger partial charge in [0.25, 0.3) is 0 Å². The number of hydrogen-bond acceptors (Lipinski definition) is 15. The van der Waals surface area contributed by atoms with Crippen LogP contribution < -0.4 is 0 Å². The molecule has 16 heteroatoms. The second-order valence-electron chi connectivity index (χ2n) is 6.21. The van der Waals surface area contributed by atoms with Gasteiger partial charge in [0.15, 0.2) is 10.2 Å². The van der Waals surface area contributed by atoms with E-state index in [4.69, 9.17) is 19.7 Å². The number of hydrogen-bond donors (Lipinski definition) is 2. The van der Waals surface area contributed by atoms with Gasteiger partial charge in [-0.1, -0.05) is 23.5 Å². The number of aliphatic hydroxyl groups excluding tert-OH is 2. The van der Waals surface area contributed by atoms with Crippen molar-refractivity contribution in [3.05, 3.63) is 0 Å². The Balaban J connectivity index is 3.41. The molecule has 0 radical (unpaired) electrons. The maximum Gasteiger partial charge on any atom is 0.315 e. The van der Waals surface area contributed by atoms with Crippen LogP contribution in [0.3, 0.4) is 0 Å². The van der Waals surface area contributed by atoms with Crippen molar-refractivity contribution in [2.75, 3.05) is 80.6 Å². The minimum absolute atomic E-state index is 0.00262. The molecular formula is C19H34O8S8. The molecule has 1 unspecified atom stereocenters. The average molecular weight is 647 g/mol. The summed E-state index contributed by atoms with van der Waals surface area (Å²) in [6, 6.07) is 0. The van der Waals surface area contributed by atoms with Gasteiger partial charge in [0, 0.05) is 52.1 Å². The van der Waals surface area contributed by atoms with E-state index in [0.717, 1.165) is 15.9 Å². The highest BCUT2D eigenvalue weighted by Gasteiger charge is 2.09. The van der Waals surface area contributed by atoms with E-state index in [1.54, 1.807) is 35.3 Å². The van der Waals surface area contributed by atoms with Crippen molar-refractivity contribution in [3.8, 4) is 0 Å². The first-order valence-corrected chi connectivity index (χ1v) is 19.9. The molecule has 8 nitrogen and oxygen atoms in total. The summed E-state index contributed by atoms with van der Waals surface area (Å²) >= 11 is 9.65. The van der Waals surface area contributed by atoms with Gasteiger partial charge in [0.2, 0.25) is 0 Å². The summed E-state index contributed by atoms with van der Waals surface area (Å²) in [5, 5.41) is 20.8. The Morgan fingerprint density at radius 3 is 1.86 bits per heavy atom. The van der Waals surface area contributed by atoms with E-state index in [9.17, 15) is 18.9 Å². The van der Waals surface area contributed by atoms with Gasteiger partial charge in [-0.3, -0.25) is 14.4 Å². The van der Waals surface area contributed by atoms with E-state index in [2.05, 4.69) is 0 Å². The van der Waals surface area contributed by atoms with Crippen molar-refractivity contribution >= 4 is 111 Å². The highest BCUT2D eigenvalue weighted by Crippen LogP contribution is 2.22. The maximum atomic E-state index is 12.0. The minimum Gasteiger partial charge on any atom is -0.616 e. The third-order valence-corrected chi connectivity index (χ3v) is 13.5. The van der Waals surface area contributed by atoms with Gasteiger partial charge in [0.1, 0.15) is 5.75 Å². The van der Waals surface area contributed by atoms with Gasteiger partial charge in [-0.25, -0.2) is 0 Å². The first kappa shape index (κ1) is 36.3. The predicted molar refractivity (Wildman–Crippen MR) is 160 cm³/mol. The van der Waals surface area contributed by atoms with Crippen LogP contribution in [0, 0.1) is 0 Å².